The Hall–Kier alpha value is -1.06. The van der Waals surface area contributed by atoms with Crippen molar-refractivity contribution in [1.82, 2.24) is 0 Å². The first kappa shape index (κ1) is 15.0. The molecule has 3 nitrogen and oxygen atoms in total. The number of aryl methyl sites for hydroxylation is 1. The molecule has 0 aromatic heterocycles. The lowest BCUT2D eigenvalue weighted by Crippen LogP contribution is -2.15. The molecule has 3 heteroatoms. The highest BCUT2D eigenvalue weighted by Gasteiger charge is 2.11. The molecule has 1 aromatic carbocycles. The molecule has 0 aliphatic carbocycles. The van der Waals surface area contributed by atoms with Crippen molar-refractivity contribution in [3.8, 4) is 5.75 Å². The molecule has 0 bridgehead atoms. The van der Waals surface area contributed by atoms with Gasteiger partial charge in [0.05, 0.1) is 12.7 Å². The van der Waals surface area contributed by atoms with E-state index in [1.54, 1.807) is 7.11 Å². The SMILES string of the molecule is COCCOc1ccccc1CCC(O)C(C)C. The van der Waals surface area contributed by atoms with Crippen molar-refractivity contribution in [2.75, 3.05) is 20.3 Å². The summed E-state index contributed by atoms with van der Waals surface area (Å²) in [6.45, 7) is 5.21. The number of ether oxygens (including phenoxy) is 2. The number of rotatable bonds is 8. The molecule has 1 aromatic rings. The molecule has 0 spiro atoms. The molecule has 1 atom stereocenters. The van der Waals surface area contributed by atoms with Gasteiger partial charge >= 0.3 is 0 Å². The zero-order valence-corrected chi connectivity index (χ0v) is 11.6. The first-order valence-electron chi connectivity index (χ1n) is 6.53. The maximum atomic E-state index is 9.83. The highest BCUT2D eigenvalue weighted by atomic mass is 16.5. The Balaban J connectivity index is 2.53. The Morgan fingerprint density at radius 2 is 1.89 bits per heavy atom. The van der Waals surface area contributed by atoms with E-state index in [9.17, 15) is 5.11 Å². The standard InChI is InChI=1S/C15H24O3/c1-12(2)14(16)9-8-13-6-4-5-7-15(13)18-11-10-17-3/h4-7,12,14,16H,8-11H2,1-3H3. The average molecular weight is 252 g/mol. The van der Waals surface area contributed by atoms with Gasteiger partial charge in [0.2, 0.25) is 0 Å². The lowest BCUT2D eigenvalue weighted by Gasteiger charge is -2.16. The minimum absolute atomic E-state index is 0.253. The quantitative estimate of drug-likeness (QED) is 0.723. The zero-order valence-electron chi connectivity index (χ0n) is 11.6. The van der Waals surface area contributed by atoms with E-state index in [1.807, 2.05) is 32.0 Å². The van der Waals surface area contributed by atoms with Gasteiger partial charge in [-0.15, -0.1) is 0 Å². The van der Waals surface area contributed by atoms with Gasteiger partial charge < -0.3 is 14.6 Å². The Morgan fingerprint density at radius 3 is 2.56 bits per heavy atom. The van der Waals surface area contributed by atoms with E-state index in [0.717, 1.165) is 24.2 Å². The minimum atomic E-state index is -0.253. The summed E-state index contributed by atoms with van der Waals surface area (Å²) in [5.74, 6) is 1.19. The van der Waals surface area contributed by atoms with E-state index >= 15 is 0 Å². The average Bonchev–Trinajstić information content (AvgIpc) is 2.37. The summed E-state index contributed by atoms with van der Waals surface area (Å²) >= 11 is 0. The number of benzene rings is 1. The molecule has 1 unspecified atom stereocenters. The van der Waals surface area contributed by atoms with Gasteiger partial charge in [-0.1, -0.05) is 32.0 Å². The normalized spacial score (nSPS) is 12.7. The fraction of sp³-hybridized carbons (Fsp3) is 0.600. The summed E-state index contributed by atoms with van der Waals surface area (Å²) in [7, 11) is 1.66. The van der Waals surface area contributed by atoms with Crippen LogP contribution in [-0.2, 0) is 11.2 Å². The van der Waals surface area contributed by atoms with Gasteiger partial charge in [0, 0.05) is 7.11 Å². The molecule has 0 saturated heterocycles. The Kier molecular flexibility index (Phi) is 6.76. The maximum Gasteiger partial charge on any atom is 0.122 e. The van der Waals surface area contributed by atoms with Crippen LogP contribution in [0.15, 0.2) is 24.3 Å². The summed E-state index contributed by atoms with van der Waals surface area (Å²) in [6, 6.07) is 7.98. The number of aliphatic hydroxyl groups is 1. The maximum absolute atomic E-state index is 9.83. The fourth-order valence-electron chi connectivity index (χ4n) is 1.72. The number of para-hydroxylation sites is 1. The van der Waals surface area contributed by atoms with E-state index in [0.29, 0.717) is 19.1 Å². The predicted octanol–water partition coefficient (Wildman–Crippen LogP) is 2.66. The van der Waals surface area contributed by atoms with Gasteiger partial charge in [0.15, 0.2) is 0 Å². The number of hydrogen-bond acceptors (Lipinski definition) is 3. The lowest BCUT2D eigenvalue weighted by atomic mass is 9.99. The van der Waals surface area contributed by atoms with Crippen molar-refractivity contribution in [2.45, 2.75) is 32.8 Å². The number of methoxy groups -OCH3 is 1. The smallest absolute Gasteiger partial charge is 0.122 e. The van der Waals surface area contributed by atoms with Crippen molar-refractivity contribution >= 4 is 0 Å². The Labute approximate surface area is 110 Å². The molecule has 0 radical (unpaired) electrons. The second-order valence-corrected chi connectivity index (χ2v) is 4.80. The Bertz CT molecular complexity index is 336. The minimum Gasteiger partial charge on any atom is -0.491 e. The number of aliphatic hydroxyl groups excluding tert-OH is 1. The Morgan fingerprint density at radius 1 is 1.17 bits per heavy atom. The third-order valence-corrected chi connectivity index (χ3v) is 3.00. The third-order valence-electron chi connectivity index (χ3n) is 3.00. The van der Waals surface area contributed by atoms with E-state index in [2.05, 4.69) is 6.07 Å². The second-order valence-electron chi connectivity index (χ2n) is 4.80. The van der Waals surface area contributed by atoms with Crippen LogP contribution < -0.4 is 4.74 Å². The monoisotopic (exact) mass is 252 g/mol. The number of hydrogen-bond donors (Lipinski definition) is 1. The molecule has 0 saturated carbocycles. The fourth-order valence-corrected chi connectivity index (χ4v) is 1.72. The van der Waals surface area contributed by atoms with Gasteiger partial charge in [-0.3, -0.25) is 0 Å². The molecule has 0 aliphatic rings. The molecular formula is C15H24O3. The van der Waals surface area contributed by atoms with Crippen LogP contribution in [0, 0.1) is 5.92 Å². The summed E-state index contributed by atoms with van der Waals surface area (Å²) < 4.78 is 10.6. The van der Waals surface area contributed by atoms with Crippen LogP contribution >= 0.6 is 0 Å². The van der Waals surface area contributed by atoms with Gasteiger partial charge in [-0.05, 0) is 30.4 Å². The van der Waals surface area contributed by atoms with E-state index < -0.39 is 0 Å². The summed E-state index contributed by atoms with van der Waals surface area (Å²) in [5.41, 5.74) is 1.15. The molecular weight excluding hydrogens is 228 g/mol. The molecule has 102 valence electrons. The van der Waals surface area contributed by atoms with Crippen molar-refractivity contribution in [3.63, 3.8) is 0 Å². The highest BCUT2D eigenvalue weighted by molar-refractivity contribution is 5.33. The van der Waals surface area contributed by atoms with Crippen LogP contribution in [0.25, 0.3) is 0 Å². The topological polar surface area (TPSA) is 38.7 Å². The van der Waals surface area contributed by atoms with Crippen LogP contribution in [0.2, 0.25) is 0 Å². The molecule has 0 amide bonds. The van der Waals surface area contributed by atoms with Crippen LogP contribution in [0.3, 0.4) is 0 Å². The van der Waals surface area contributed by atoms with Gasteiger partial charge in [0.25, 0.3) is 0 Å². The van der Waals surface area contributed by atoms with Crippen molar-refractivity contribution in [2.24, 2.45) is 5.92 Å². The first-order chi connectivity index (χ1) is 8.65. The van der Waals surface area contributed by atoms with Gasteiger partial charge in [0.1, 0.15) is 12.4 Å². The van der Waals surface area contributed by atoms with Crippen molar-refractivity contribution in [3.05, 3.63) is 29.8 Å². The van der Waals surface area contributed by atoms with Crippen molar-refractivity contribution in [1.29, 1.82) is 0 Å². The summed E-state index contributed by atoms with van der Waals surface area (Å²) in [6.07, 6.45) is 1.35. The molecule has 0 aliphatic heterocycles. The zero-order chi connectivity index (χ0) is 13.4. The highest BCUT2D eigenvalue weighted by Crippen LogP contribution is 2.21. The van der Waals surface area contributed by atoms with Crippen LogP contribution in [0.5, 0.6) is 5.75 Å². The van der Waals surface area contributed by atoms with Gasteiger partial charge in [-0.25, -0.2) is 0 Å². The largest absolute Gasteiger partial charge is 0.491 e. The predicted molar refractivity (Wildman–Crippen MR) is 73.0 cm³/mol. The van der Waals surface area contributed by atoms with Crippen LogP contribution in [0.4, 0.5) is 0 Å². The third kappa shape index (κ3) is 5.07. The van der Waals surface area contributed by atoms with E-state index in [4.69, 9.17) is 9.47 Å². The molecule has 1 rings (SSSR count). The lowest BCUT2D eigenvalue weighted by molar-refractivity contribution is 0.116. The van der Waals surface area contributed by atoms with Crippen LogP contribution in [-0.4, -0.2) is 31.5 Å². The summed E-state index contributed by atoms with van der Waals surface area (Å²) in [4.78, 5) is 0. The van der Waals surface area contributed by atoms with E-state index in [1.165, 1.54) is 0 Å². The van der Waals surface area contributed by atoms with Crippen LogP contribution in [0.1, 0.15) is 25.8 Å². The van der Waals surface area contributed by atoms with Gasteiger partial charge in [-0.2, -0.15) is 0 Å². The van der Waals surface area contributed by atoms with E-state index in [-0.39, 0.29) is 6.10 Å². The first-order valence-corrected chi connectivity index (χ1v) is 6.53. The van der Waals surface area contributed by atoms with Crippen molar-refractivity contribution < 1.29 is 14.6 Å². The summed E-state index contributed by atoms with van der Waals surface area (Å²) in [5, 5.41) is 9.83. The molecule has 18 heavy (non-hydrogen) atoms. The molecule has 0 heterocycles. The second kappa shape index (κ2) is 8.11. The molecule has 0 fully saturated rings. The molecule has 1 N–H and O–H groups in total.